The van der Waals surface area contributed by atoms with Crippen molar-refractivity contribution in [2.24, 2.45) is 0 Å². The molecule has 0 amide bonds. The molecular weight excluding hydrogens is 218 g/mol. The lowest BCUT2D eigenvalue weighted by molar-refractivity contribution is 0.0695. The van der Waals surface area contributed by atoms with Gasteiger partial charge in [0.1, 0.15) is 0 Å². The maximum atomic E-state index is 11.1. The molecular formula is C13H13NO3. The smallest absolute Gasteiger partial charge is 0.335 e. The number of aliphatic hydroxyl groups is 1. The van der Waals surface area contributed by atoms with Gasteiger partial charge in [-0.25, -0.2) is 4.79 Å². The van der Waals surface area contributed by atoms with E-state index in [9.17, 15) is 4.79 Å². The van der Waals surface area contributed by atoms with Gasteiger partial charge in [0, 0.05) is 6.61 Å². The number of hydrogen-bond donors (Lipinski definition) is 2. The highest BCUT2D eigenvalue weighted by Gasteiger charge is 2.30. The van der Waals surface area contributed by atoms with Crippen LogP contribution >= 0.6 is 0 Å². The fraction of sp³-hybridized carbons (Fsp3) is 0.385. The molecule has 1 fully saturated rings. The van der Waals surface area contributed by atoms with E-state index in [1.807, 2.05) is 0 Å². The van der Waals surface area contributed by atoms with Gasteiger partial charge < -0.3 is 10.2 Å². The summed E-state index contributed by atoms with van der Waals surface area (Å²) < 4.78 is 0. The van der Waals surface area contributed by atoms with Crippen molar-refractivity contribution >= 4 is 5.97 Å². The molecule has 0 radical (unpaired) electrons. The maximum absolute atomic E-state index is 11.1. The number of nitrogens with zero attached hydrogens (tertiary/aromatic N) is 1. The standard InChI is InChI=1S/C13H13NO3/c14-7-9-3-4-11(13(16)17)10(5-6-15)12(9)8-1-2-8/h3-4,8,15H,1-2,5-6H2,(H,16,17). The predicted octanol–water partition coefficient (Wildman–Crippen LogP) is 1.67. The van der Waals surface area contributed by atoms with Crippen LogP contribution in [0.25, 0.3) is 0 Å². The van der Waals surface area contributed by atoms with E-state index >= 15 is 0 Å². The predicted molar refractivity (Wildman–Crippen MR) is 60.9 cm³/mol. The summed E-state index contributed by atoms with van der Waals surface area (Å²) in [6.45, 7) is -0.102. The molecule has 0 aromatic heterocycles. The monoisotopic (exact) mass is 231 g/mol. The number of carbonyl (C=O) groups is 1. The van der Waals surface area contributed by atoms with E-state index in [0.29, 0.717) is 23.5 Å². The third-order valence-corrected chi connectivity index (χ3v) is 3.06. The first kappa shape index (κ1) is 11.6. The van der Waals surface area contributed by atoms with Crippen LogP contribution < -0.4 is 0 Å². The quantitative estimate of drug-likeness (QED) is 0.825. The van der Waals surface area contributed by atoms with Crippen molar-refractivity contribution in [1.29, 1.82) is 5.26 Å². The number of carboxylic acid groups (broad SMARTS) is 1. The molecule has 4 heteroatoms. The first-order chi connectivity index (χ1) is 8.19. The summed E-state index contributed by atoms with van der Waals surface area (Å²) in [5.74, 6) is -0.703. The molecule has 1 aromatic carbocycles. The molecule has 4 nitrogen and oxygen atoms in total. The largest absolute Gasteiger partial charge is 0.478 e. The van der Waals surface area contributed by atoms with E-state index in [1.54, 1.807) is 6.07 Å². The Morgan fingerprint density at radius 1 is 1.47 bits per heavy atom. The molecule has 2 N–H and O–H groups in total. The zero-order valence-electron chi connectivity index (χ0n) is 9.31. The van der Waals surface area contributed by atoms with Gasteiger partial charge >= 0.3 is 5.97 Å². The minimum absolute atomic E-state index is 0.102. The second-order valence-electron chi connectivity index (χ2n) is 4.22. The number of aliphatic hydroxyl groups excluding tert-OH is 1. The summed E-state index contributed by atoms with van der Waals surface area (Å²) in [4.78, 5) is 11.1. The Balaban J connectivity index is 2.61. The second kappa shape index (κ2) is 4.56. The third-order valence-electron chi connectivity index (χ3n) is 3.06. The highest BCUT2D eigenvalue weighted by atomic mass is 16.4. The Morgan fingerprint density at radius 2 is 2.18 bits per heavy atom. The normalized spacial score (nSPS) is 14.4. The fourth-order valence-electron chi connectivity index (χ4n) is 2.18. The van der Waals surface area contributed by atoms with Crippen LogP contribution in [0.1, 0.15) is 45.8 Å². The van der Waals surface area contributed by atoms with E-state index in [1.165, 1.54) is 6.07 Å². The van der Waals surface area contributed by atoms with Crippen molar-refractivity contribution in [1.82, 2.24) is 0 Å². The van der Waals surface area contributed by atoms with Gasteiger partial charge in [-0.1, -0.05) is 0 Å². The number of aromatic carboxylic acids is 1. The number of carboxylic acids is 1. The van der Waals surface area contributed by atoms with Crippen LogP contribution in [0, 0.1) is 11.3 Å². The minimum Gasteiger partial charge on any atom is -0.478 e. The SMILES string of the molecule is N#Cc1ccc(C(=O)O)c(CCO)c1C1CC1. The highest BCUT2D eigenvalue weighted by Crippen LogP contribution is 2.44. The molecule has 0 aliphatic heterocycles. The van der Waals surface area contributed by atoms with Crippen LogP contribution in [0.15, 0.2) is 12.1 Å². The molecule has 17 heavy (non-hydrogen) atoms. The lowest BCUT2D eigenvalue weighted by Crippen LogP contribution is -2.09. The van der Waals surface area contributed by atoms with Crippen LogP contribution in [0.2, 0.25) is 0 Å². The van der Waals surface area contributed by atoms with Crippen LogP contribution in [0.5, 0.6) is 0 Å². The van der Waals surface area contributed by atoms with Crippen molar-refractivity contribution in [3.8, 4) is 6.07 Å². The van der Waals surface area contributed by atoms with Gasteiger partial charge in [0.25, 0.3) is 0 Å². The summed E-state index contributed by atoms with van der Waals surface area (Å²) in [7, 11) is 0. The van der Waals surface area contributed by atoms with E-state index in [4.69, 9.17) is 15.5 Å². The molecule has 88 valence electrons. The van der Waals surface area contributed by atoms with Crippen molar-refractivity contribution in [2.75, 3.05) is 6.61 Å². The van der Waals surface area contributed by atoms with Gasteiger partial charge in [0.2, 0.25) is 0 Å². The Kier molecular flexibility index (Phi) is 3.12. The molecule has 0 unspecified atom stereocenters. The Bertz CT molecular complexity index is 498. The Hall–Kier alpha value is -1.86. The molecule has 0 heterocycles. The average molecular weight is 231 g/mol. The van der Waals surface area contributed by atoms with Gasteiger partial charge in [-0.2, -0.15) is 5.26 Å². The summed E-state index contributed by atoms with van der Waals surface area (Å²) in [6.07, 6.45) is 2.29. The molecule has 1 aromatic rings. The van der Waals surface area contributed by atoms with Crippen molar-refractivity contribution in [2.45, 2.75) is 25.2 Å². The van der Waals surface area contributed by atoms with E-state index in [2.05, 4.69) is 6.07 Å². The van der Waals surface area contributed by atoms with Crippen LogP contribution in [-0.4, -0.2) is 22.8 Å². The molecule has 1 aliphatic carbocycles. The topological polar surface area (TPSA) is 81.3 Å². The fourth-order valence-corrected chi connectivity index (χ4v) is 2.18. The van der Waals surface area contributed by atoms with E-state index in [-0.39, 0.29) is 12.2 Å². The Labute approximate surface area is 99.1 Å². The first-order valence-electron chi connectivity index (χ1n) is 5.59. The summed E-state index contributed by atoms with van der Waals surface area (Å²) in [6, 6.07) is 5.13. The third kappa shape index (κ3) is 2.15. The molecule has 1 saturated carbocycles. The zero-order valence-corrected chi connectivity index (χ0v) is 9.31. The minimum atomic E-state index is -1.00. The lowest BCUT2D eigenvalue weighted by Gasteiger charge is -2.12. The van der Waals surface area contributed by atoms with Crippen LogP contribution in [0.4, 0.5) is 0 Å². The molecule has 0 spiro atoms. The first-order valence-corrected chi connectivity index (χ1v) is 5.59. The van der Waals surface area contributed by atoms with Gasteiger partial charge in [0.15, 0.2) is 0 Å². The Morgan fingerprint density at radius 3 is 2.65 bits per heavy atom. The summed E-state index contributed by atoms with van der Waals surface area (Å²) in [5, 5.41) is 27.2. The highest BCUT2D eigenvalue weighted by molar-refractivity contribution is 5.90. The number of nitriles is 1. The number of benzene rings is 1. The van der Waals surface area contributed by atoms with E-state index in [0.717, 1.165) is 18.4 Å². The van der Waals surface area contributed by atoms with Crippen molar-refractivity contribution in [3.05, 3.63) is 34.4 Å². The molecule has 0 saturated heterocycles. The number of rotatable bonds is 4. The lowest BCUT2D eigenvalue weighted by atomic mass is 9.91. The molecule has 0 bridgehead atoms. The van der Waals surface area contributed by atoms with Crippen molar-refractivity contribution < 1.29 is 15.0 Å². The zero-order chi connectivity index (χ0) is 12.4. The number of hydrogen-bond acceptors (Lipinski definition) is 3. The van der Waals surface area contributed by atoms with E-state index < -0.39 is 5.97 Å². The van der Waals surface area contributed by atoms with Gasteiger partial charge in [-0.15, -0.1) is 0 Å². The van der Waals surface area contributed by atoms with Crippen LogP contribution in [-0.2, 0) is 6.42 Å². The molecule has 2 rings (SSSR count). The maximum Gasteiger partial charge on any atom is 0.335 e. The van der Waals surface area contributed by atoms with Crippen molar-refractivity contribution in [3.63, 3.8) is 0 Å². The molecule has 0 atom stereocenters. The summed E-state index contributed by atoms with van der Waals surface area (Å²) in [5.41, 5.74) is 2.21. The van der Waals surface area contributed by atoms with Gasteiger partial charge in [-0.05, 0) is 48.4 Å². The van der Waals surface area contributed by atoms with Gasteiger partial charge in [0.05, 0.1) is 17.2 Å². The average Bonchev–Trinajstić information content (AvgIpc) is 3.12. The van der Waals surface area contributed by atoms with Crippen LogP contribution in [0.3, 0.4) is 0 Å². The second-order valence-corrected chi connectivity index (χ2v) is 4.22. The summed E-state index contributed by atoms with van der Waals surface area (Å²) >= 11 is 0. The molecule has 1 aliphatic rings. The van der Waals surface area contributed by atoms with Gasteiger partial charge in [-0.3, -0.25) is 0 Å².